The first-order chi connectivity index (χ1) is 6.60. The van der Waals surface area contributed by atoms with Gasteiger partial charge in [-0.1, -0.05) is 19.1 Å². The van der Waals surface area contributed by atoms with Gasteiger partial charge in [0.25, 0.3) is 0 Å². The van der Waals surface area contributed by atoms with Gasteiger partial charge in [0, 0.05) is 6.54 Å². The fourth-order valence-electron chi connectivity index (χ4n) is 1.64. The third-order valence-electron chi connectivity index (χ3n) is 2.76. The molecule has 0 saturated heterocycles. The van der Waals surface area contributed by atoms with E-state index in [4.69, 9.17) is 5.73 Å². The second-order valence-corrected chi connectivity index (χ2v) is 3.73. The van der Waals surface area contributed by atoms with Gasteiger partial charge in [-0.25, -0.2) is 0 Å². The van der Waals surface area contributed by atoms with Gasteiger partial charge in [0.15, 0.2) is 0 Å². The van der Waals surface area contributed by atoms with E-state index in [1.54, 1.807) is 0 Å². The van der Waals surface area contributed by atoms with E-state index in [9.17, 15) is 5.11 Å². The fourth-order valence-corrected chi connectivity index (χ4v) is 1.64. The fraction of sp³-hybridized carbons (Fsp3) is 0.500. The van der Waals surface area contributed by atoms with E-state index in [1.165, 1.54) is 11.1 Å². The Bertz CT molecular complexity index is 320. The number of rotatable bonds is 3. The molecule has 1 aromatic rings. The number of hydrogen-bond donors (Lipinski definition) is 2. The van der Waals surface area contributed by atoms with E-state index in [0.29, 0.717) is 0 Å². The largest absolute Gasteiger partial charge is 0.387 e. The van der Waals surface area contributed by atoms with Crippen LogP contribution in [0.2, 0.25) is 0 Å². The van der Waals surface area contributed by atoms with E-state index in [-0.39, 0.29) is 6.54 Å². The highest BCUT2D eigenvalue weighted by Gasteiger charge is 2.10. The number of nitrogens with two attached hydrogens (primary N) is 1. The molecule has 78 valence electrons. The van der Waals surface area contributed by atoms with Crippen LogP contribution in [0.15, 0.2) is 12.1 Å². The van der Waals surface area contributed by atoms with Crippen molar-refractivity contribution in [3.8, 4) is 0 Å². The first-order valence-corrected chi connectivity index (χ1v) is 5.08. The van der Waals surface area contributed by atoms with Crippen molar-refractivity contribution in [1.82, 2.24) is 0 Å². The first-order valence-electron chi connectivity index (χ1n) is 5.08. The zero-order valence-electron chi connectivity index (χ0n) is 9.17. The molecule has 2 nitrogen and oxygen atoms in total. The minimum atomic E-state index is -0.528. The van der Waals surface area contributed by atoms with Crippen molar-refractivity contribution >= 4 is 0 Å². The summed E-state index contributed by atoms with van der Waals surface area (Å²) in [5, 5.41) is 9.73. The number of aryl methyl sites for hydroxylation is 2. The molecule has 0 saturated carbocycles. The van der Waals surface area contributed by atoms with E-state index >= 15 is 0 Å². The summed E-state index contributed by atoms with van der Waals surface area (Å²) in [5.74, 6) is 0. The Kier molecular flexibility index (Phi) is 3.67. The zero-order valence-corrected chi connectivity index (χ0v) is 9.17. The minimum Gasteiger partial charge on any atom is -0.387 e. The minimum absolute atomic E-state index is 0.285. The molecule has 1 aromatic carbocycles. The summed E-state index contributed by atoms with van der Waals surface area (Å²) in [6.07, 6.45) is 0.464. The Balaban J connectivity index is 3.20. The van der Waals surface area contributed by atoms with E-state index in [2.05, 4.69) is 26.0 Å². The molecule has 0 spiro atoms. The molecule has 14 heavy (non-hydrogen) atoms. The molecule has 0 amide bonds. The summed E-state index contributed by atoms with van der Waals surface area (Å²) >= 11 is 0. The smallest absolute Gasteiger partial charge is 0.0914 e. The molecule has 1 atom stereocenters. The summed E-state index contributed by atoms with van der Waals surface area (Å²) in [6, 6.07) is 4.22. The number of aliphatic hydroxyl groups excluding tert-OH is 1. The predicted octanol–water partition coefficient (Wildman–Crippen LogP) is 1.86. The van der Waals surface area contributed by atoms with Gasteiger partial charge in [0.1, 0.15) is 0 Å². The maximum absolute atomic E-state index is 9.73. The molecule has 3 N–H and O–H groups in total. The van der Waals surface area contributed by atoms with Crippen LogP contribution in [0.4, 0.5) is 0 Å². The lowest BCUT2D eigenvalue weighted by molar-refractivity contribution is 0.186. The molecule has 0 aliphatic rings. The van der Waals surface area contributed by atoms with Gasteiger partial charge in [0.2, 0.25) is 0 Å². The van der Waals surface area contributed by atoms with Crippen LogP contribution in [0.1, 0.15) is 35.3 Å². The van der Waals surface area contributed by atoms with Crippen molar-refractivity contribution in [3.05, 3.63) is 34.4 Å². The molecule has 0 aliphatic carbocycles. The monoisotopic (exact) mass is 193 g/mol. The van der Waals surface area contributed by atoms with Crippen LogP contribution in [0.5, 0.6) is 0 Å². The lowest BCUT2D eigenvalue weighted by Crippen LogP contribution is -2.13. The predicted molar refractivity (Wildman–Crippen MR) is 59.3 cm³/mol. The van der Waals surface area contributed by atoms with Crippen molar-refractivity contribution in [2.24, 2.45) is 5.73 Å². The van der Waals surface area contributed by atoms with Crippen molar-refractivity contribution in [2.75, 3.05) is 6.54 Å². The van der Waals surface area contributed by atoms with Gasteiger partial charge in [-0.15, -0.1) is 0 Å². The second kappa shape index (κ2) is 4.58. The van der Waals surface area contributed by atoms with Gasteiger partial charge in [-0.05, 0) is 42.5 Å². The highest BCUT2D eigenvalue weighted by Crippen LogP contribution is 2.22. The number of aliphatic hydroxyl groups is 1. The maximum atomic E-state index is 9.73. The van der Waals surface area contributed by atoms with Crippen molar-refractivity contribution < 1.29 is 5.11 Å². The molecular formula is C12H19NO. The van der Waals surface area contributed by atoms with Crippen LogP contribution in [-0.4, -0.2) is 11.7 Å². The third kappa shape index (κ3) is 2.14. The van der Waals surface area contributed by atoms with E-state index in [0.717, 1.165) is 17.5 Å². The lowest BCUT2D eigenvalue weighted by Gasteiger charge is -2.15. The van der Waals surface area contributed by atoms with Crippen molar-refractivity contribution in [2.45, 2.75) is 33.3 Å². The Morgan fingerprint density at radius 3 is 2.50 bits per heavy atom. The molecule has 0 bridgehead atoms. The standard InChI is InChI=1S/C12H19NO/c1-4-10-5-8(2)9(3)11(6-10)12(14)7-13/h5-6,12,14H,4,7,13H2,1-3H3. The Hall–Kier alpha value is -0.860. The van der Waals surface area contributed by atoms with Gasteiger partial charge in [-0.3, -0.25) is 0 Å². The summed E-state index contributed by atoms with van der Waals surface area (Å²) in [5.41, 5.74) is 10.1. The maximum Gasteiger partial charge on any atom is 0.0914 e. The Morgan fingerprint density at radius 1 is 1.36 bits per heavy atom. The zero-order chi connectivity index (χ0) is 10.7. The molecule has 1 unspecified atom stereocenters. The molecule has 0 radical (unpaired) electrons. The van der Waals surface area contributed by atoms with Gasteiger partial charge < -0.3 is 10.8 Å². The molecule has 0 aliphatic heterocycles. The Labute approximate surface area is 85.8 Å². The number of hydrogen-bond acceptors (Lipinski definition) is 2. The highest BCUT2D eigenvalue weighted by molar-refractivity contribution is 5.39. The van der Waals surface area contributed by atoms with Gasteiger partial charge in [0.05, 0.1) is 6.10 Å². The second-order valence-electron chi connectivity index (χ2n) is 3.73. The summed E-state index contributed by atoms with van der Waals surface area (Å²) in [7, 11) is 0. The van der Waals surface area contributed by atoms with E-state index in [1.807, 2.05) is 6.92 Å². The Morgan fingerprint density at radius 2 is 2.00 bits per heavy atom. The number of benzene rings is 1. The van der Waals surface area contributed by atoms with Crippen molar-refractivity contribution in [1.29, 1.82) is 0 Å². The van der Waals surface area contributed by atoms with Crippen LogP contribution in [0.3, 0.4) is 0 Å². The van der Waals surface area contributed by atoms with Crippen molar-refractivity contribution in [3.63, 3.8) is 0 Å². The van der Waals surface area contributed by atoms with E-state index < -0.39 is 6.10 Å². The SMILES string of the molecule is CCc1cc(C)c(C)c(C(O)CN)c1. The van der Waals surface area contributed by atoms with Crippen LogP contribution >= 0.6 is 0 Å². The first kappa shape index (κ1) is 11.2. The summed E-state index contributed by atoms with van der Waals surface area (Å²) < 4.78 is 0. The molecule has 1 rings (SSSR count). The van der Waals surface area contributed by atoms with Gasteiger partial charge >= 0.3 is 0 Å². The highest BCUT2D eigenvalue weighted by atomic mass is 16.3. The molecule has 0 aromatic heterocycles. The van der Waals surface area contributed by atoms with Gasteiger partial charge in [-0.2, -0.15) is 0 Å². The third-order valence-corrected chi connectivity index (χ3v) is 2.76. The van der Waals surface area contributed by atoms with Crippen LogP contribution in [-0.2, 0) is 6.42 Å². The summed E-state index contributed by atoms with van der Waals surface area (Å²) in [6.45, 7) is 6.50. The molecular weight excluding hydrogens is 174 g/mol. The average Bonchev–Trinajstić information content (AvgIpc) is 2.20. The molecule has 0 fully saturated rings. The van der Waals surface area contributed by atoms with Crippen LogP contribution in [0, 0.1) is 13.8 Å². The van der Waals surface area contributed by atoms with Crippen LogP contribution < -0.4 is 5.73 Å². The normalized spacial score (nSPS) is 12.9. The summed E-state index contributed by atoms with van der Waals surface area (Å²) in [4.78, 5) is 0. The topological polar surface area (TPSA) is 46.2 Å². The molecule has 0 heterocycles. The molecule has 2 heteroatoms. The average molecular weight is 193 g/mol. The lowest BCUT2D eigenvalue weighted by atomic mass is 9.95. The quantitative estimate of drug-likeness (QED) is 0.769. The van der Waals surface area contributed by atoms with Crippen LogP contribution in [0.25, 0.3) is 0 Å².